The van der Waals surface area contributed by atoms with Crippen LogP contribution in [0.2, 0.25) is 0 Å². The van der Waals surface area contributed by atoms with Crippen LogP contribution in [-0.2, 0) is 26.2 Å². The minimum Gasteiger partial charge on any atom is -0.350 e. The van der Waals surface area contributed by atoms with E-state index in [2.05, 4.69) is 21.2 Å². The van der Waals surface area contributed by atoms with Crippen molar-refractivity contribution in [3.63, 3.8) is 0 Å². The molecule has 198 valence electrons. The fourth-order valence-corrected chi connectivity index (χ4v) is 5.09. The highest BCUT2D eigenvalue weighted by Crippen LogP contribution is 2.25. The predicted molar refractivity (Wildman–Crippen MR) is 149 cm³/mol. The van der Waals surface area contributed by atoms with E-state index in [0.29, 0.717) is 12.1 Å². The molecule has 0 heterocycles. The maximum absolute atomic E-state index is 13.4. The fourth-order valence-electron chi connectivity index (χ4n) is 3.81. The van der Waals surface area contributed by atoms with Crippen LogP contribution in [0.5, 0.6) is 0 Å². The summed E-state index contributed by atoms with van der Waals surface area (Å²) in [5.74, 6) is -0.440. The molecule has 1 atom stereocenters. The lowest BCUT2D eigenvalue weighted by atomic mass is 10.1. The number of benzene rings is 2. The second kappa shape index (κ2) is 12.2. The van der Waals surface area contributed by atoms with Gasteiger partial charge in [-0.2, -0.15) is 0 Å². The number of nitrogens with zero attached hydrogens (tertiary/aromatic N) is 2. The lowest BCUT2D eigenvalue weighted by Gasteiger charge is -2.32. The molecule has 2 amide bonds. The number of hydrogen-bond acceptors (Lipinski definition) is 4. The fraction of sp³-hybridized carbons (Fsp3) is 0.481. The summed E-state index contributed by atoms with van der Waals surface area (Å²) >= 11 is 3.42. The van der Waals surface area contributed by atoms with Crippen molar-refractivity contribution in [2.24, 2.45) is 0 Å². The van der Waals surface area contributed by atoms with Gasteiger partial charge in [-0.15, -0.1) is 0 Å². The van der Waals surface area contributed by atoms with Crippen LogP contribution in [0.3, 0.4) is 0 Å². The van der Waals surface area contributed by atoms with Gasteiger partial charge in [-0.3, -0.25) is 13.9 Å². The second-order valence-corrected chi connectivity index (χ2v) is 13.1. The SMILES string of the molecule is Cc1ccc(C)c(N(CCCC(=O)N(Cc2ccc(Br)cc2)[C@H](C)C(=O)NC(C)(C)C)S(C)(=O)=O)c1. The third kappa shape index (κ3) is 8.92. The largest absolute Gasteiger partial charge is 0.350 e. The number of amides is 2. The summed E-state index contributed by atoms with van der Waals surface area (Å²) in [6.45, 7) is 11.6. The van der Waals surface area contributed by atoms with E-state index in [1.54, 1.807) is 11.8 Å². The highest BCUT2D eigenvalue weighted by atomic mass is 79.9. The number of anilines is 1. The van der Waals surface area contributed by atoms with Gasteiger partial charge in [0, 0.05) is 29.5 Å². The van der Waals surface area contributed by atoms with Gasteiger partial charge in [0.25, 0.3) is 0 Å². The molecular formula is C27H38BrN3O4S. The summed E-state index contributed by atoms with van der Waals surface area (Å²) in [7, 11) is -3.54. The van der Waals surface area contributed by atoms with E-state index in [-0.39, 0.29) is 31.3 Å². The van der Waals surface area contributed by atoms with Gasteiger partial charge >= 0.3 is 0 Å². The van der Waals surface area contributed by atoms with Crippen LogP contribution >= 0.6 is 15.9 Å². The third-order valence-electron chi connectivity index (χ3n) is 5.72. The van der Waals surface area contributed by atoms with Crippen LogP contribution in [-0.4, -0.2) is 49.5 Å². The van der Waals surface area contributed by atoms with Crippen molar-refractivity contribution in [2.45, 2.75) is 72.5 Å². The summed E-state index contributed by atoms with van der Waals surface area (Å²) < 4.78 is 27.4. The average molecular weight is 581 g/mol. The highest BCUT2D eigenvalue weighted by Gasteiger charge is 2.28. The summed E-state index contributed by atoms with van der Waals surface area (Å²) in [5, 5.41) is 2.95. The summed E-state index contributed by atoms with van der Waals surface area (Å²) in [5.41, 5.74) is 2.89. The lowest BCUT2D eigenvalue weighted by molar-refractivity contribution is -0.141. The first kappa shape index (κ1) is 29.8. The van der Waals surface area contributed by atoms with E-state index < -0.39 is 21.6 Å². The molecule has 0 saturated carbocycles. The summed E-state index contributed by atoms with van der Waals surface area (Å²) in [6, 6.07) is 12.6. The molecule has 0 aliphatic heterocycles. The van der Waals surface area contributed by atoms with Crippen molar-refractivity contribution in [2.75, 3.05) is 17.1 Å². The first-order valence-electron chi connectivity index (χ1n) is 12.0. The average Bonchev–Trinajstić information content (AvgIpc) is 2.75. The molecule has 36 heavy (non-hydrogen) atoms. The molecule has 1 N–H and O–H groups in total. The molecular weight excluding hydrogens is 542 g/mol. The van der Waals surface area contributed by atoms with E-state index in [1.165, 1.54) is 10.6 Å². The zero-order valence-corrected chi connectivity index (χ0v) is 24.7. The second-order valence-electron chi connectivity index (χ2n) is 10.3. The zero-order chi connectivity index (χ0) is 27.3. The Labute approximate surface area is 224 Å². The molecule has 0 fully saturated rings. The Morgan fingerprint density at radius 3 is 2.22 bits per heavy atom. The number of nitrogens with one attached hydrogen (secondary N) is 1. The Morgan fingerprint density at radius 2 is 1.67 bits per heavy atom. The first-order chi connectivity index (χ1) is 16.6. The Bertz CT molecular complexity index is 1170. The van der Waals surface area contributed by atoms with E-state index in [9.17, 15) is 18.0 Å². The normalized spacial score (nSPS) is 12.7. The van der Waals surface area contributed by atoms with Crippen LogP contribution in [0, 0.1) is 13.8 Å². The number of aryl methyl sites for hydroxylation is 2. The van der Waals surface area contributed by atoms with Gasteiger partial charge in [0.15, 0.2) is 0 Å². The Balaban J connectivity index is 2.22. The van der Waals surface area contributed by atoms with Crippen molar-refractivity contribution >= 4 is 43.5 Å². The van der Waals surface area contributed by atoms with Gasteiger partial charge in [0.05, 0.1) is 11.9 Å². The number of rotatable bonds is 10. The lowest BCUT2D eigenvalue weighted by Crippen LogP contribution is -2.52. The number of carbonyl (C=O) groups excluding carboxylic acids is 2. The number of sulfonamides is 1. The van der Waals surface area contributed by atoms with Crippen LogP contribution in [0.4, 0.5) is 5.69 Å². The van der Waals surface area contributed by atoms with Crippen molar-refractivity contribution in [1.82, 2.24) is 10.2 Å². The topological polar surface area (TPSA) is 86.8 Å². The molecule has 0 radical (unpaired) electrons. The van der Waals surface area contributed by atoms with Gasteiger partial charge in [0.1, 0.15) is 6.04 Å². The molecule has 0 bridgehead atoms. The molecule has 2 aromatic carbocycles. The Morgan fingerprint density at radius 1 is 1.06 bits per heavy atom. The van der Waals surface area contributed by atoms with E-state index in [1.807, 2.05) is 77.1 Å². The minimum atomic E-state index is -3.54. The van der Waals surface area contributed by atoms with Gasteiger partial charge in [-0.1, -0.05) is 40.2 Å². The van der Waals surface area contributed by atoms with Crippen LogP contribution in [0.1, 0.15) is 57.2 Å². The summed E-state index contributed by atoms with van der Waals surface area (Å²) in [6.07, 6.45) is 1.61. The molecule has 2 aromatic rings. The molecule has 0 saturated heterocycles. The molecule has 7 nitrogen and oxygen atoms in total. The molecule has 0 aliphatic carbocycles. The van der Waals surface area contributed by atoms with E-state index >= 15 is 0 Å². The zero-order valence-electron chi connectivity index (χ0n) is 22.3. The predicted octanol–water partition coefficient (Wildman–Crippen LogP) is 4.94. The summed E-state index contributed by atoms with van der Waals surface area (Å²) in [4.78, 5) is 27.9. The first-order valence-corrected chi connectivity index (χ1v) is 14.6. The number of carbonyl (C=O) groups is 2. The Kier molecular flexibility index (Phi) is 10.1. The number of halogens is 1. The maximum Gasteiger partial charge on any atom is 0.242 e. The molecule has 0 spiro atoms. The van der Waals surface area contributed by atoms with Crippen molar-refractivity contribution in [3.05, 3.63) is 63.6 Å². The van der Waals surface area contributed by atoms with Gasteiger partial charge in [-0.05, 0) is 82.9 Å². The molecule has 0 aliphatic rings. The van der Waals surface area contributed by atoms with Crippen LogP contribution < -0.4 is 9.62 Å². The molecule has 0 unspecified atom stereocenters. The monoisotopic (exact) mass is 579 g/mol. The van der Waals surface area contributed by atoms with E-state index in [0.717, 1.165) is 21.2 Å². The quantitative estimate of drug-likeness (QED) is 0.431. The molecule has 9 heteroatoms. The van der Waals surface area contributed by atoms with Crippen molar-refractivity contribution in [1.29, 1.82) is 0 Å². The Hall–Kier alpha value is -2.39. The maximum atomic E-state index is 13.4. The van der Waals surface area contributed by atoms with Gasteiger partial charge in [0.2, 0.25) is 21.8 Å². The van der Waals surface area contributed by atoms with Gasteiger partial charge in [-0.25, -0.2) is 8.42 Å². The third-order valence-corrected chi connectivity index (χ3v) is 7.43. The van der Waals surface area contributed by atoms with Crippen LogP contribution in [0.15, 0.2) is 46.9 Å². The standard InChI is InChI=1S/C27H38BrN3O4S/c1-19-10-11-20(2)24(17-19)31(36(7,34)35)16-8-9-25(32)30(18-22-12-14-23(28)15-13-22)21(3)26(33)29-27(4,5)6/h10-15,17,21H,8-9,16,18H2,1-7H3,(H,29,33)/t21-/m1/s1. The van der Waals surface area contributed by atoms with Crippen molar-refractivity contribution in [3.8, 4) is 0 Å². The smallest absolute Gasteiger partial charge is 0.242 e. The number of hydrogen-bond donors (Lipinski definition) is 1. The van der Waals surface area contributed by atoms with E-state index in [4.69, 9.17) is 0 Å². The molecule has 0 aromatic heterocycles. The van der Waals surface area contributed by atoms with Gasteiger partial charge < -0.3 is 10.2 Å². The van der Waals surface area contributed by atoms with Crippen LogP contribution in [0.25, 0.3) is 0 Å². The highest BCUT2D eigenvalue weighted by molar-refractivity contribution is 9.10. The van der Waals surface area contributed by atoms with Crippen molar-refractivity contribution < 1.29 is 18.0 Å². The minimum absolute atomic E-state index is 0.112. The molecule has 2 rings (SSSR count).